The molecule has 150 valence electrons. The van der Waals surface area contributed by atoms with Gasteiger partial charge in [-0.1, -0.05) is 18.2 Å². The molecule has 0 fully saturated rings. The summed E-state index contributed by atoms with van der Waals surface area (Å²) in [6.45, 7) is 3.58. The first-order valence-corrected chi connectivity index (χ1v) is 9.30. The monoisotopic (exact) mass is 394 g/mol. The van der Waals surface area contributed by atoms with Crippen LogP contribution in [0.4, 0.5) is 0 Å². The van der Waals surface area contributed by atoms with E-state index < -0.39 is 18.0 Å². The first-order chi connectivity index (χ1) is 14.0. The second kappa shape index (κ2) is 9.05. The van der Waals surface area contributed by atoms with Crippen molar-refractivity contribution in [2.75, 3.05) is 13.2 Å². The molecule has 1 atom stereocenters. The van der Waals surface area contributed by atoms with Crippen LogP contribution in [0.25, 0.3) is 10.9 Å². The van der Waals surface area contributed by atoms with E-state index in [9.17, 15) is 14.4 Å². The molecule has 29 heavy (non-hydrogen) atoms. The maximum absolute atomic E-state index is 12.6. The summed E-state index contributed by atoms with van der Waals surface area (Å²) >= 11 is 0. The Hall–Kier alpha value is -3.61. The number of H-pyrrole nitrogens is 1. The zero-order chi connectivity index (χ0) is 20.8. The normalized spacial score (nSPS) is 11.7. The Morgan fingerprint density at radius 3 is 2.52 bits per heavy atom. The van der Waals surface area contributed by atoms with E-state index in [1.54, 1.807) is 30.5 Å². The number of aromatic nitrogens is 1. The van der Waals surface area contributed by atoms with Gasteiger partial charge in [0.25, 0.3) is 5.91 Å². The molecule has 0 spiro atoms. The van der Waals surface area contributed by atoms with E-state index in [-0.39, 0.29) is 12.3 Å². The fourth-order valence-corrected chi connectivity index (χ4v) is 2.91. The molecular formula is C22H22N2O5. The third-order valence-corrected chi connectivity index (χ3v) is 4.35. The zero-order valence-corrected chi connectivity index (χ0v) is 16.2. The van der Waals surface area contributed by atoms with Gasteiger partial charge in [0.15, 0.2) is 6.10 Å². The van der Waals surface area contributed by atoms with Crippen molar-refractivity contribution >= 4 is 28.6 Å². The lowest BCUT2D eigenvalue weighted by atomic mass is 10.1. The minimum Gasteiger partial charge on any atom is -0.494 e. The third-order valence-electron chi connectivity index (χ3n) is 4.35. The fraction of sp³-hybridized carbons (Fsp3) is 0.227. The number of hydrogen-bond donors (Lipinski definition) is 2. The molecule has 3 rings (SSSR count). The predicted octanol–water partition coefficient (Wildman–Crippen LogP) is 3.11. The van der Waals surface area contributed by atoms with Crippen LogP contribution in [0.15, 0.2) is 54.7 Å². The lowest BCUT2D eigenvalue weighted by Gasteiger charge is -2.12. The van der Waals surface area contributed by atoms with Crippen LogP contribution in [0.5, 0.6) is 5.75 Å². The Balaban J connectivity index is 1.53. The highest BCUT2D eigenvalue weighted by molar-refractivity contribution is 6.10. The molecule has 1 amide bonds. The average Bonchev–Trinajstić information content (AvgIpc) is 3.16. The highest BCUT2D eigenvalue weighted by Gasteiger charge is 2.22. The number of Topliss-reactive ketones (excluding diaryl/α,β-unsaturated/α-hetero) is 1. The molecule has 0 bridgehead atoms. The van der Waals surface area contributed by atoms with Crippen molar-refractivity contribution in [3.63, 3.8) is 0 Å². The topological polar surface area (TPSA) is 97.5 Å². The number of amides is 1. The number of esters is 1. The summed E-state index contributed by atoms with van der Waals surface area (Å²) < 4.78 is 10.5. The summed E-state index contributed by atoms with van der Waals surface area (Å²) in [7, 11) is 0. The SMILES string of the molecule is CCOc1ccc(C(=O)NCC(=O)O[C@H](C)C(=O)c2c[nH]c3ccccc23)cc1. The molecule has 0 aliphatic carbocycles. The van der Waals surface area contributed by atoms with Gasteiger partial charge in [0.2, 0.25) is 5.78 Å². The highest BCUT2D eigenvalue weighted by Crippen LogP contribution is 2.20. The Morgan fingerprint density at radius 1 is 1.07 bits per heavy atom. The predicted molar refractivity (Wildman–Crippen MR) is 108 cm³/mol. The van der Waals surface area contributed by atoms with Crippen molar-refractivity contribution in [1.29, 1.82) is 0 Å². The van der Waals surface area contributed by atoms with E-state index in [0.29, 0.717) is 23.5 Å². The second-order valence-corrected chi connectivity index (χ2v) is 6.38. The van der Waals surface area contributed by atoms with Gasteiger partial charge in [-0.2, -0.15) is 0 Å². The molecule has 0 saturated heterocycles. The lowest BCUT2D eigenvalue weighted by Crippen LogP contribution is -2.34. The van der Waals surface area contributed by atoms with Crippen molar-refractivity contribution < 1.29 is 23.9 Å². The van der Waals surface area contributed by atoms with Gasteiger partial charge in [-0.15, -0.1) is 0 Å². The number of ketones is 1. The van der Waals surface area contributed by atoms with Gasteiger partial charge in [-0.3, -0.25) is 14.4 Å². The minimum atomic E-state index is -0.968. The number of carbonyl (C=O) groups is 3. The number of carbonyl (C=O) groups excluding carboxylic acids is 3. The number of aromatic amines is 1. The molecule has 7 heteroatoms. The first kappa shape index (κ1) is 20.1. The molecule has 0 unspecified atom stereocenters. The Labute approximate surface area is 168 Å². The van der Waals surface area contributed by atoms with Gasteiger partial charge in [-0.25, -0.2) is 0 Å². The van der Waals surface area contributed by atoms with Crippen molar-refractivity contribution in [3.8, 4) is 5.75 Å². The van der Waals surface area contributed by atoms with Crippen molar-refractivity contribution in [3.05, 3.63) is 65.9 Å². The van der Waals surface area contributed by atoms with Crippen LogP contribution in [0.3, 0.4) is 0 Å². The van der Waals surface area contributed by atoms with Crippen LogP contribution >= 0.6 is 0 Å². The Kier molecular flexibility index (Phi) is 6.29. The van der Waals surface area contributed by atoms with E-state index >= 15 is 0 Å². The molecule has 2 N–H and O–H groups in total. The van der Waals surface area contributed by atoms with E-state index in [1.165, 1.54) is 6.92 Å². The summed E-state index contributed by atoms with van der Waals surface area (Å²) in [5, 5.41) is 3.25. The van der Waals surface area contributed by atoms with Gasteiger partial charge in [0, 0.05) is 28.2 Å². The number of benzene rings is 2. The maximum atomic E-state index is 12.6. The molecule has 0 aliphatic heterocycles. The van der Waals surface area contributed by atoms with E-state index in [2.05, 4.69) is 10.3 Å². The Bertz CT molecular complexity index is 1020. The molecule has 1 aromatic heterocycles. The van der Waals surface area contributed by atoms with Gasteiger partial charge < -0.3 is 19.8 Å². The van der Waals surface area contributed by atoms with Crippen LogP contribution in [0.1, 0.15) is 34.6 Å². The number of nitrogens with one attached hydrogen (secondary N) is 2. The largest absolute Gasteiger partial charge is 0.494 e. The van der Waals surface area contributed by atoms with E-state index in [1.807, 2.05) is 31.2 Å². The van der Waals surface area contributed by atoms with Gasteiger partial charge >= 0.3 is 5.97 Å². The molecule has 7 nitrogen and oxygen atoms in total. The molecule has 1 heterocycles. The van der Waals surface area contributed by atoms with Gasteiger partial charge in [0.05, 0.1) is 6.61 Å². The standard InChI is InChI=1S/C22H22N2O5/c1-3-28-16-10-8-15(9-11-16)22(27)24-13-20(25)29-14(2)21(26)18-12-23-19-7-5-4-6-17(18)19/h4-12,14,23H,3,13H2,1-2H3,(H,24,27)/t14-/m1/s1. The average molecular weight is 394 g/mol. The second-order valence-electron chi connectivity index (χ2n) is 6.38. The summed E-state index contributed by atoms with van der Waals surface area (Å²) in [6, 6.07) is 14.0. The summed E-state index contributed by atoms with van der Waals surface area (Å²) in [5.41, 5.74) is 1.68. The molecule has 3 aromatic rings. The van der Waals surface area contributed by atoms with Crippen molar-refractivity contribution in [2.45, 2.75) is 20.0 Å². The quantitative estimate of drug-likeness (QED) is 0.452. The van der Waals surface area contributed by atoms with Crippen LogP contribution < -0.4 is 10.1 Å². The Morgan fingerprint density at radius 2 is 1.79 bits per heavy atom. The summed E-state index contributed by atoms with van der Waals surface area (Å²) in [4.78, 5) is 39.8. The van der Waals surface area contributed by atoms with Crippen LogP contribution in [-0.4, -0.2) is 41.9 Å². The minimum absolute atomic E-state index is 0.311. The molecular weight excluding hydrogens is 372 g/mol. The number of fused-ring (bicyclic) bond motifs is 1. The molecule has 2 aromatic carbocycles. The van der Waals surface area contributed by atoms with Gasteiger partial charge in [0.1, 0.15) is 12.3 Å². The van der Waals surface area contributed by atoms with Crippen molar-refractivity contribution in [2.24, 2.45) is 0 Å². The van der Waals surface area contributed by atoms with Crippen LogP contribution in [0, 0.1) is 0 Å². The van der Waals surface area contributed by atoms with Crippen LogP contribution in [0.2, 0.25) is 0 Å². The number of rotatable bonds is 8. The first-order valence-electron chi connectivity index (χ1n) is 9.30. The van der Waals surface area contributed by atoms with Crippen LogP contribution in [-0.2, 0) is 9.53 Å². The smallest absolute Gasteiger partial charge is 0.326 e. The number of ether oxygens (including phenoxy) is 2. The van der Waals surface area contributed by atoms with E-state index in [0.717, 1.165) is 10.9 Å². The van der Waals surface area contributed by atoms with E-state index in [4.69, 9.17) is 9.47 Å². The highest BCUT2D eigenvalue weighted by atomic mass is 16.5. The molecule has 0 saturated carbocycles. The van der Waals surface area contributed by atoms with Gasteiger partial charge in [-0.05, 0) is 44.2 Å². The number of hydrogen-bond acceptors (Lipinski definition) is 5. The summed E-state index contributed by atoms with van der Waals surface area (Å²) in [5.74, 6) is -0.757. The molecule has 0 radical (unpaired) electrons. The number of para-hydroxylation sites is 1. The fourth-order valence-electron chi connectivity index (χ4n) is 2.91. The zero-order valence-electron chi connectivity index (χ0n) is 16.2. The maximum Gasteiger partial charge on any atom is 0.326 e. The molecule has 0 aliphatic rings. The van der Waals surface area contributed by atoms with Crippen molar-refractivity contribution in [1.82, 2.24) is 10.3 Å². The third kappa shape index (κ3) is 4.82. The summed E-state index contributed by atoms with van der Waals surface area (Å²) in [6.07, 6.45) is 0.634. The lowest BCUT2D eigenvalue weighted by molar-refractivity contribution is -0.145.